The van der Waals surface area contributed by atoms with Crippen molar-refractivity contribution in [2.45, 2.75) is 38.8 Å². The van der Waals surface area contributed by atoms with Crippen LogP contribution in [-0.2, 0) is 11.3 Å². The first-order valence-corrected chi connectivity index (χ1v) is 8.39. The summed E-state index contributed by atoms with van der Waals surface area (Å²) in [5.41, 5.74) is 1.99. The molecule has 2 rings (SSSR count). The van der Waals surface area contributed by atoms with Crippen molar-refractivity contribution in [3.8, 4) is 0 Å². The van der Waals surface area contributed by atoms with Gasteiger partial charge in [-0.3, -0.25) is 4.90 Å². The quantitative estimate of drug-likeness (QED) is 0.840. The largest absolute Gasteiger partial charge is 0.389 e. The van der Waals surface area contributed by atoms with Gasteiger partial charge in [0, 0.05) is 31.9 Å². The van der Waals surface area contributed by atoms with Gasteiger partial charge < -0.3 is 14.7 Å². The van der Waals surface area contributed by atoms with E-state index in [1.165, 1.54) is 11.3 Å². The molecule has 0 aromatic heterocycles. The van der Waals surface area contributed by atoms with E-state index in [4.69, 9.17) is 4.74 Å². The van der Waals surface area contributed by atoms with Gasteiger partial charge in [0.1, 0.15) is 0 Å². The normalized spacial score (nSPS) is 16.3. The number of benzene rings is 1. The van der Waals surface area contributed by atoms with E-state index in [2.05, 4.69) is 55.0 Å². The maximum atomic E-state index is 10.4. The number of rotatable bonds is 7. The Morgan fingerprint density at radius 3 is 2.27 bits per heavy atom. The Bertz CT molecular complexity index is 437. The summed E-state index contributed by atoms with van der Waals surface area (Å²) in [4.78, 5) is 4.57. The lowest BCUT2D eigenvalue weighted by atomic mass is 9.97. The Hall–Kier alpha value is -1.10. The van der Waals surface area contributed by atoms with Crippen molar-refractivity contribution in [3.05, 3.63) is 29.8 Å². The second-order valence-corrected chi connectivity index (χ2v) is 6.37. The molecule has 1 aliphatic heterocycles. The van der Waals surface area contributed by atoms with Gasteiger partial charge in [0.05, 0.1) is 18.8 Å². The Morgan fingerprint density at radius 1 is 1.14 bits per heavy atom. The molecular weight excluding hydrogens is 276 g/mol. The second-order valence-electron chi connectivity index (χ2n) is 6.37. The molecule has 1 aromatic carbocycles. The van der Waals surface area contributed by atoms with Gasteiger partial charge in [0.25, 0.3) is 0 Å². The highest BCUT2D eigenvalue weighted by molar-refractivity contribution is 5.47. The molecule has 1 heterocycles. The molecule has 124 valence electrons. The van der Waals surface area contributed by atoms with Crippen LogP contribution in [0.4, 0.5) is 5.69 Å². The first kappa shape index (κ1) is 17.3. The zero-order valence-electron chi connectivity index (χ0n) is 14.2. The van der Waals surface area contributed by atoms with Crippen LogP contribution < -0.4 is 4.90 Å². The van der Waals surface area contributed by atoms with Gasteiger partial charge in [-0.25, -0.2) is 0 Å². The number of hydrogen-bond acceptors (Lipinski definition) is 4. The molecule has 0 radical (unpaired) electrons. The Kier molecular flexibility index (Phi) is 6.24. The highest BCUT2D eigenvalue weighted by Gasteiger charge is 2.23. The molecule has 1 N–H and O–H groups in total. The predicted octanol–water partition coefficient (Wildman–Crippen LogP) is 2.51. The minimum atomic E-state index is -0.567. The fourth-order valence-electron chi connectivity index (χ4n) is 2.98. The molecule has 1 aliphatic rings. The third kappa shape index (κ3) is 4.70. The van der Waals surface area contributed by atoms with Crippen molar-refractivity contribution in [3.63, 3.8) is 0 Å². The van der Waals surface area contributed by atoms with E-state index in [1.807, 2.05) is 0 Å². The molecule has 4 nitrogen and oxygen atoms in total. The maximum Gasteiger partial charge on any atom is 0.0768 e. The Morgan fingerprint density at radius 2 is 1.73 bits per heavy atom. The van der Waals surface area contributed by atoms with Crippen LogP contribution >= 0.6 is 0 Å². The van der Waals surface area contributed by atoms with Crippen LogP contribution in [0.2, 0.25) is 0 Å². The lowest BCUT2D eigenvalue weighted by Crippen LogP contribution is -2.40. The molecule has 1 saturated heterocycles. The minimum absolute atomic E-state index is 0.567. The van der Waals surface area contributed by atoms with E-state index >= 15 is 0 Å². The standard InChI is InChI=1S/C18H30N2O2/c1-4-18(21,5-2)15-19(3)14-16-6-8-17(9-7-16)20-10-12-22-13-11-20/h6-9,21H,4-5,10-15H2,1-3H3. The number of ether oxygens (including phenoxy) is 1. The summed E-state index contributed by atoms with van der Waals surface area (Å²) in [5.74, 6) is 0. The SMILES string of the molecule is CCC(O)(CC)CN(C)Cc1ccc(N2CCOCC2)cc1. The van der Waals surface area contributed by atoms with Crippen LogP contribution in [0, 0.1) is 0 Å². The summed E-state index contributed by atoms with van der Waals surface area (Å²) in [6.07, 6.45) is 1.59. The number of likely N-dealkylation sites (N-methyl/N-ethyl adjacent to an activating group) is 1. The number of anilines is 1. The van der Waals surface area contributed by atoms with Gasteiger partial charge in [-0.15, -0.1) is 0 Å². The summed E-state index contributed by atoms with van der Waals surface area (Å²) in [7, 11) is 2.08. The monoisotopic (exact) mass is 306 g/mol. The lowest BCUT2D eigenvalue weighted by molar-refractivity contribution is 0.00131. The fraction of sp³-hybridized carbons (Fsp3) is 0.667. The maximum absolute atomic E-state index is 10.4. The second kappa shape index (κ2) is 7.95. The van der Waals surface area contributed by atoms with E-state index in [1.54, 1.807) is 0 Å². The summed E-state index contributed by atoms with van der Waals surface area (Å²) < 4.78 is 5.39. The van der Waals surface area contributed by atoms with Crippen LogP contribution in [0.3, 0.4) is 0 Å². The first-order valence-electron chi connectivity index (χ1n) is 8.39. The van der Waals surface area contributed by atoms with Crippen molar-refractivity contribution < 1.29 is 9.84 Å². The van der Waals surface area contributed by atoms with Crippen molar-refractivity contribution >= 4 is 5.69 Å². The molecule has 1 fully saturated rings. The number of nitrogens with zero attached hydrogens (tertiary/aromatic N) is 2. The lowest BCUT2D eigenvalue weighted by Gasteiger charge is -2.31. The predicted molar refractivity (Wildman–Crippen MR) is 91.3 cm³/mol. The summed E-state index contributed by atoms with van der Waals surface area (Å²) in [6.45, 7) is 9.26. The number of morpholine rings is 1. The van der Waals surface area contributed by atoms with E-state index < -0.39 is 5.60 Å². The molecule has 0 atom stereocenters. The van der Waals surface area contributed by atoms with Gasteiger partial charge in [-0.2, -0.15) is 0 Å². The van der Waals surface area contributed by atoms with Crippen LogP contribution in [0.1, 0.15) is 32.3 Å². The number of aliphatic hydroxyl groups is 1. The highest BCUT2D eigenvalue weighted by Crippen LogP contribution is 2.19. The third-order valence-corrected chi connectivity index (χ3v) is 4.65. The molecule has 0 bridgehead atoms. The molecule has 0 aliphatic carbocycles. The zero-order valence-corrected chi connectivity index (χ0v) is 14.2. The van der Waals surface area contributed by atoms with Crippen molar-refractivity contribution in [2.75, 3.05) is 44.8 Å². The molecule has 1 aromatic rings. The van der Waals surface area contributed by atoms with Gasteiger partial charge in [-0.1, -0.05) is 26.0 Å². The van der Waals surface area contributed by atoms with Crippen molar-refractivity contribution in [1.29, 1.82) is 0 Å². The molecule has 0 saturated carbocycles. The van der Waals surface area contributed by atoms with Gasteiger partial charge in [0.15, 0.2) is 0 Å². The Labute approximate surface area is 134 Å². The van der Waals surface area contributed by atoms with Gasteiger partial charge in [0.2, 0.25) is 0 Å². The minimum Gasteiger partial charge on any atom is -0.389 e. The summed E-state index contributed by atoms with van der Waals surface area (Å²) >= 11 is 0. The summed E-state index contributed by atoms with van der Waals surface area (Å²) in [5, 5.41) is 10.4. The van der Waals surface area contributed by atoms with E-state index in [9.17, 15) is 5.11 Å². The number of hydrogen-bond donors (Lipinski definition) is 1. The molecular formula is C18H30N2O2. The van der Waals surface area contributed by atoms with E-state index in [0.29, 0.717) is 6.54 Å². The van der Waals surface area contributed by atoms with Crippen molar-refractivity contribution in [2.24, 2.45) is 0 Å². The third-order valence-electron chi connectivity index (χ3n) is 4.65. The average molecular weight is 306 g/mol. The molecule has 0 unspecified atom stereocenters. The van der Waals surface area contributed by atoms with Crippen LogP contribution in [0.15, 0.2) is 24.3 Å². The topological polar surface area (TPSA) is 35.9 Å². The fourth-order valence-corrected chi connectivity index (χ4v) is 2.98. The van der Waals surface area contributed by atoms with E-state index in [0.717, 1.165) is 45.7 Å². The molecule has 0 spiro atoms. The smallest absolute Gasteiger partial charge is 0.0768 e. The van der Waals surface area contributed by atoms with Gasteiger partial charge in [-0.05, 0) is 37.6 Å². The molecule has 0 amide bonds. The van der Waals surface area contributed by atoms with Gasteiger partial charge >= 0.3 is 0 Å². The first-order chi connectivity index (χ1) is 10.6. The molecule has 22 heavy (non-hydrogen) atoms. The van der Waals surface area contributed by atoms with E-state index in [-0.39, 0.29) is 0 Å². The van der Waals surface area contributed by atoms with Crippen LogP contribution in [0.5, 0.6) is 0 Å². The van der Waals surface area contributed by atoms with Crippen LogP contribution in [0.25, 0.3) is 0 Å². The van der Waals surface area contributed by atoms with Crippen molar-refractivity contribution in [1.82, 2.24) is 4.90 Å². The molecule has 4 heteroatoms. The zero-order chi connectivity index (χ0) is 16.0. The Balaban J connectivity index is 1.90. The average Bonchev–Trinajstić information content (AvgIpc) is 2.56. The highest BCUT2D eigenvalue weighted by atomic mass is 16.5. The van der Waals surface area contributed by atoms with Crippen LogP contribution in [-0.4, -0.2) is 55.5 Å². The summed E-state index contributed by atoms with van der Waals surface area (Å²) in [6, 6.07) is 8.77.